The second-order valence-corrected chi connectivity index (χ2v) is 3.23. The zero-order chi connectivity index (χ0) is 9.40. The van der Waals surface area contributed by atoms with Crippen LogP contribution in [0, 0.1) is 0 Å². The van der Waals surface area contributed by atoms with Gasteiger partial charge < -0.3 is 10.5 Å². The zero-order valence-electron chi connectivity index (χ0n) is 8.68. The Morgan fingerprint density at radius 2 is 1.67 bits per heavy atom. The maximum Gasteiger partial charge on any atom is 0.0725 e. The summed E-state index contributed by atoms with van der Waals surface area (Å²) in [4.78, 5) is 0. The molecular formula is C10H23NO. The molecule has 2 heteroatoms. The van der Waals surface area contributed by atoms with E-state index in [1.54, 1.807) is 0 Å². The van der Waals surface area contributed by atoms with Crippen molar-refractivity contribution in [1.29, 1.82) is 0 Å². The molecule has 2 nitrogen and oxygen atoms in total. The lowest BCUT2D eigenvalue weighted by Crippen LogP contribution is -2.36. The van der Waals surface area contributed by atoms with Crippen LogP contribution in [0.1, 0.15) is 46.5 Å². The first-order valence-electron chi connectivity index (χ1n) is 5.13. The molecule has 0 aromatic heterocycles. The Hall–Kier alpha value is -0.0800. The third-order valence-corrected chi connectivity index (χ3v) is 2.05. The van der Waals surface area contributed by atoms with Crippen LogP contribution in [-0.4, -0.2) is 18.8 Å². The van der Waals surface area contributed by atoms with Crippen LogP contribution >= 0.6 is 0 Å². The van der Waals surface area contributed by atoms with E-state index in [4.69, 9.17) is 10.5 Å². The standard InChI is InChI=1S/C10H23NO/c1-4-7-9(11)10(8-5-2)12-6-3/h9-10H,4-8,11H2,1-3H3/t9-,10?/m0/s1. The summed E-state index contributed by atoms with van der Waals surface area (Å²) in [5.74, 6) is 0. The summed E-state index contributed by atoms with van der Waals surface area (Å²) in [6.07, 6.45) is 4.75. The fourth-order valence-corrected chi connectivity index (χ4v) is 1.44. The van der Waals surface area contributed by atoms with Gasteiger partial charge >= 0.3 is 0 Å². The van der Waals surface area contributed by atoms with Gasteiger partial charge in [0.15, 0.2) is 0 Å². The Labute approximate surface area is 76.5 Å². The van der Waals surface area contributed by atoms with Crippen molar-refractivity contribution in [3.05, 3.63) is 0 Å². The van der Waals surface area contributed by atoms with E-state index in [1.165, 1.54) is 0 Å². The van der Waals surface area contributed by atoms with Gasteiger partial charge in [0.25, 0.3) is 0 Å². The Morgan fingerprint density at radius 1 is 1.08 bits per heavy atom. The summed E-state index contributed by atoms with van der Waals surface area (Å²) in [5.41, 5.74) is 5.98. The Bertz CT molecular complexity index is 89.8. The highest BCUT2D eigenvalue weighted by atomic mass is 16.5. The van der Waals surface area contributed by atoms with E-state index in [0.29, 0.717) is 0 Å². The lowest BCUT2D eigenvalue weighted by molar-refractivity contribution is 0.0357. The van der Waals surface area contributed by atoms with Crippen LogP contribution in [0.3, 0.4) is 0 Å². The highest BCUT2D eigenvalue weighted by Crippen LogP contribution is 2.09. The van der Waals surface area contributed by atoms with Gasteiger partial charge in [-0.1, -0.05) is 26.7 Å². The first kappa shape index (κ1) is 11.9. The first-order valence-corrected chi connectivity index (χ1v) is 5.13. The predicted molar refractivity (Wildman–Crippen MR) is 53.2 cm³/mol. The Balaban J connectivity index is 3.72. The fourth-order valence-electron chi connectivity index (χ4n) is 1.44. The quantitative estimate of drug-likeness (QED) is 0.641. The summed E-state index contributed by atoms with van der Waals surface area (Å²) in [5, 5.41) is 0. The van der Waals surface area contributed by atoms with E-state index in [9.17, 15) is 0 Å². The molecule has 0 aliphatic heterocycles. The molecule has 0 saturated carbocycles. The third-order valence-electron chi connectivity index (χ3n) is 2.05. The van der Waals surface area contributed by atoms with Gasteiger partial charge in [0.2, 0.25) is 0 Å². The first-order chi connectivity index (χ1) is 5.76. The maximum atomic E-state index is 5.98. The molecule has 0 aliphatic rings. The van der Waals surface area contributed by atoms with Crippen LogP contribution in [-0.2, 0) is 4.74 Å². The van der Waals surface area contributed by atoms with Crippen molar-refractivity contribution in [2.75, 3.05) is 6.61 Å². The maximum absolute atomic E-state index is 5.98. The molecule has 12 heavy (non-hydrogen) atoms. The van der Waals surface area contributed by atoms with Gasteiger partial charge in [-0.3, -0.25) is 0 Å². The molecule has 0 aromatic carbocycles. The summed E-state index contributed by atoms with van der Waals surface area (Å²) in [6.45, 7) is 7.14. The van der Waals surface area contributed by atoms with E-state index >= 15 is 0 Å². The molecule has 2 atom stereocenters. The van der Waals surface area contributed by atoms with E-state index in [0.717, 1.165) is 32.3 Å². The molecule has 2 N–H and O–H groups in total. The zero-order valence-corrected chi connectivity index (χ0v) is 8.68. The molecule has 0 bridgehead atoms. The van der Waals surface area contributed by atoms with Crippen molar-refractivity contribution in [1.82, 2.24) is 0 Å². The van der Waals surface area contributed by atoms with E-state index in [2.05, 4.69) is 13.8 Å². The van der Waals surface area contributed by atoms with Gasteiger partial charge in [-0.05, 0) is 19.8 Å². The van der Waals surface area contributed by atoms with E-state index in [-0.39, 0.29) is 12.1 Å². The molecule has 0 spiro atoms. The molecule has 0 amide bonds. The van der Waals surface area contributed by atoms with Crippen LogP contribution in [0.5, 0.6) is 0 Å². The molecule has 0 heterocycles. The van der Waals surface area contributed by atoms with Crippen molar-refractivity contribution in [2.45, 2.75) is 58.6 Å². The number of hydrogen-bond acceptors (Lipinski definition) is 2. The molecule has 1 unspecified atom stereocenters. The topological polar surface area (TPSA) is 35.2 Å². The Kier molecular flexibility index (Phi) is 7.51. The average Bonchev–Trinajstić information content (AvgIpc) is 2.04. The van der Waals surface area contributed by atoms with Crippen molar-refractivity contribution in [2.24, 2.45) is 5.73 Å². The molecule has 0 saturated heterocycles. The second kappa shape index (κ2) is 7.56. The number of hydrogen-bond donors (Lipinski definition) is 1. The minimum Gasteiger partial charge on any atom is -0.377 e. The predicted octanol–water partition coefficient (Wildman–Crippen LogP) is 2.32. The fraction of sp³-hybridized carbons (Fsp3) is 1.00. The van der Waals surface area contributed by atoms with Crippen LogP contribution in [0.15, 0.2) is 0 Å². The molecular weight excluding hydrogens is 150 g/mol. The third kappa shape index (κ3) is 4.73. The van der Waals surface area contributed by atoms with Crippen molar-refractivity contribution < 1.29 is 4.74 Å². The van der Waals surface area contributed by atoms with E-state index in [1.807, 2.05) is 6.92 Å². The molecule has 0 radical (unpaired) electrons. The van der Waals surface area contributed by atoms with Gasteiger partial charge in [0.1, 0.15) is 0 Å². The lowest BCUT2D eigenvalue weighted by Gasteiger charge is -2.22. The highest BCUT2D eigenvalue weighted by Gasteiger charge is 2.15. The van der Waals surface area contributed by atoms with Crippen molar-refractivity contribution >= 4 is 0 Å². The smallest absolute Gasteiger partial charge is 0.0725 e. The Morgan fingerprint density at radius 3 is 2.08 bits per heavy atom. The monoisotopic (exact) mass is 173 g/mol. The molecule has 74 valence electrons. The van der Waals surface area contributed by atoms with Gasteiger partial charge in [-0.15, -0.1) is 0 Å². The van der Waals surface area contributed by atoms with Gasteiger partial charge in [0, 0.05) is 12.6 Å². The van der Waals surface area contributed by atoms with Crippen LogP contribution in [0.25, 0.3) is 0 Å². The van der Waals surface area contributed by atoms with Crippen molar-refractivity contribution in [3.8, 4) is 0 Å². The minimum absolute atomic E-state index is 0.231. The summed E-state index contributed by atoms with van der Waals surface area (Å²) >= 11 is 0. The largest absolute Gasteiger partial charge is 0.377 e. The highest BCUT2D eigenvalue weighted by molar-refractivity contribution is 4.72. The normalized spacial score (nSPS) is 16.0. The molecule has 0 rings (SSSR count). The second-order valence-electron chi connectivity index (χ2n) is 3.23. The molecule has 0 fully saturated rings. The SMILES string of the molecule is CCCC(OCC)[C@@H](N)CCC. The molecule has 0 aliphatic carbocycles. The number of nitrogens with two attached hydrogens (primary N) is 1. The van der Waals surface area contributed by atoms with Crippen molar-refractivity contribution in [3.63, 3.8) is 0 Å². The van der Waals surface area contributed by atoms with Crippen LogP contribution in [0.4, 0.5) is 0 Å². The van der Waals surface area contributed by atoms with Gasteiger partial charge in [-0.25, -0.2) is 0 Å². The number of rotatable bonds is 7. The van der Waals surface area contributed by atoms with E-state index < -0.39 is 0 Å². The summed E-state index contributed by atoms with van der Waals surface area (Å²) < 4.78 is 5.57. The number of ether oxygens (including phenoxy) is 1. The van der Waals surface area contributed by atoms with Crippen LogP contribution in [0.2, 0.25) is 0 Å². The lowest BCUT2D eigenvalue weighted by atomic mass is 10.0. The summed E-state index contributed by atoms with van der Waals surface area (Å²) in [6, 6.07) is 0.231. The minimum atomic E-state index is 0.231. The summed E-state index contributed by atoms with van der Waals surface area (Å²) in [7, 11) is 0. The average molecular weight is 173 g/mol. The van der Waals surface area contributed by atoms with Gasteiger partial charge in [0.05, 0.1) is 6.10 Å². The van der Waals surface area contributed by atoms with Crippen LogP contribution < -0.4 is 5.73 Å². The van der Waals surface area contributed by atoms with Gasteiger partial charge in [-0.2, -0.15) is 0 Å². The molecule has 0 aromatic rings.